The van der Waals surface area contributed by atoms with Gasteiger partial charge in [-0.05, 0) is 22.9 Å². The molecule has 3 rings (SSSR count). The van der Waals surface area contributed by atoms with Gasteiger partial charge in [0.05, 0.1) is 13.2 Å². The molecule has 1 N–H and O–H groups in total. The Balaban J connectivity index is 1.55. The van der Waals surface area contributed by atoms with Gasteiger partial charge >= 0.3 is 0 Å². The molecule has 0 saturated carbocycles. The Hall–Kier alpha value is -1.91. The standard InChI is InChI=1S/C17H20N2O2/c20-17(7-8-19-9-11-21-12-10-19)18-16-6-5-14-3-1-2-4-15(14)13-16/h1-6,13H,7-12H2,(H,18,20). The minimum Gasteiger partial charge on any atom is -0.379 e. The third-order valence-electron chi connectivity index (χ3n) is 3.79. The van der Waals surface area contributed by atoms with Gasteiger partial charge in [-0.25, -0.2) is 0 Å². The molecule has 2 aromatic rings. The van der Waals surface area contributed by atoms with Gasteiger partial charge in [-0.1, -0.05) is 30.3 Å². The number of carbonyl (C=O) groups is 1. The van der Waals surface area contributed by atoms with E-state index in [1.165, 1.54) is 5.39 Å². The van der Waals surface area contributed by atoms with E-state index in [1.807, 2.05) is 30.3 Å². The van der Waals surface area contributed by atoms with Crippen LogP contribution < -0.4 is 5.32 Å². The van der Waals surface area contributed by atoms with E-state index in [2.05, 4.69) is 22.3 Å². The van der Waals surface area contributed by atoms with Crippen LogP contribution in [0.3, 0.4) is 0 Å². The van der Waals surface area contributed by atoms with Gasteiger partial charge in [0, 0.05) is 31.7 Å². The van der Waals surface area contributed by atoms with E-state index in [0.717, 1.165) is 43.9 Å². The van der Waals surface area contributed by atoms with E-state index < -0.39 is 0 Å². The number of carbonyl (C=O) groups excluding carboxylic acids is 1. The van der Waals surface area contributed by atoms with Crippen LogP contribution in [0.4, 0.5) is 5.69 Å². The molecular formula is C17H20N2O2. The molecule has 0 unspecified atom stereocenters. The number of ether oxygens (including phenoxy) is 1. The molecular weight excluding hydrogens is 264 g/mol. The van der Waals surface area contributed by atoms with Gasteiger partial charge < -0.3 is 10.1 Å². The number of amides is 1. The van der Waals surface area contributed by atoms with Crippen molar-refractivity contribution in [3.05, 3.63) is 42.5 Å². The molecule has 1 amide bonds. The van der Waals surface area contributed by atoms with Gasteiger partial charge in [0.2, 0.25) is 5.91 Å². The Morgan fingerprint density at radius 1 is 1.10 bits per heavy atom. The van der Waals surface area contributed by atoms with Crippen LogP contribution in [0, 0.1) is 0 Å². The van der Waals surface area contributed by atoms with Gasteiger partial charge in [0.25, 0.3) is 0 Å². The Labute approximate surface area is 124 Å². The first-order valence-corrected chi connectivity index (χ1v) is 7.40. The predicted octanol–water partition coefficient (Wildman–Crippen LogP) is 2.50. The van der Waals surface area contributed by atoms with E-state index in [1.54, 1.807) is 0 Å². The summed E-state index contributed by atoms with van der Waals surface area (Å²) in [4.78, 5) is 14.3. The third kappa shape index (κ3) is 3.80. The zero-order chi connectivity index (χ0) is 14.5. The number of anilines is 1. The molecule has 1 aliphatic rings. The summed E-state index contributed by atoms with van der Waals surface area (Å²) >= 11 is 0. The molecule has 0 bridgehead atoms. The fraction of sp³-hybridized carbons (Fsp3) is 0.353. The minimum atomic E-state index is 0.0665. The summed E-state index contributed by atoms with van der Waals surface area (Å²) in [5.41, 5.74) is 0.862. The highest BCUT2D eigenvalue weighted by Gasteiger charge is 2.12. The first-order chi connectivity index (χ1) is 10.3. The molecule has 1 heterocycles. The topological polar surface area (TPSA) is 41.6 Å². The quantitative estimate of drug-likeness (QED) is 0.938. The molecule has 0 aliphatic carbocycles. The maximum atomic E-state index is 12.0. The average Bonchev–Trinajstić information content (AvgIpc) is 2.54. The average molecular weight is 284 g/mol. The lowest BCUT2D eigenvalue weighted by atomic mass is 10.1. The SMILES string of the molecule is O=C(CCN1CCOCC1)Nc1ccc2ccccc2c1. The van der Waals surface area contributed by atoms with Crippen LogP contribution in [0.2, 0.25) is 0 Å². The first kappa shape index (κ1) is 14.0. The maximum absolute atomic E-state index is 12.0. The largest absolute Gasteiger partial charge is 0.379 e. The Kier molecular flexibility index (Phi) is 4.48. The zero-order valence-corrected chi connectivity index (χ0v) is 12.0. The molecule has 0 radical (unpaired) electrons. The monoisotopic (exact) mass is 284 g/mol. The molecule has 0 atom stereocenters. The minimum absolute atomic E-state index is 0.0665. The van der Waals surface area contributed by atoms with E-state index in [9.17, 15) is 4.79 Å². The van der Waals surface area contributed by atoms with Crippen LogP contribution >= 0.6 is 0 Å². The number of rotatable bonds is 4. The van der Waals surface area contributed by atoms with Gasteiger partial charge in [-0.15, -0.1) is 0 Å². The third-order valence-corrected chi connectivity index (χ3v) is 3.79. The second kappa shape index (κ2) is 6.70. The van der Waals surface area contributed by atoms with E-state index in [4.69, 9.17) is 4.74 Å². The number of hydrogen-bond acceptors (Lipinski definition) is 3. The summed E-state index contributed by atoms with van der Waals surface area (Å²) < 4.78 is 5.30. The molecule has 0 aromatic heterocycles. The van der Waals surface area contributed by atoms with E-state index >= 15 is 0 Å². The Morgan fingerprint density at radius 2 is 1.86 bits per heavy atom. The van der Waals surface area contributed by atoms with Crippen molar-refractivity contribution in [2.45, 2.75) is 6.42 Å². The molecule has 4 heteroatoms. The number of fused-ring (bicyclic) bond motifs is 1. The highest BCUT2D eigenvalue weighted by atomic mass is 16.5. The number of nitrogens with zero attached hydrogens (tertiary/aromatic N) is 1. The molecule has 21 heavy (non-hydrogen) atoms. The summed E-state index contributed by atoms with van der Waals surface area (Å²) in [5, 5.41) is 5.30. The molecule has 1 aliphatic heterocycles. The molecule has 0 spiro atoms. The van der Waals surface area contributed by atoms with Crippen molar-refractivity contribution >= 4 is 22.4 Å². The lowest BCUT2D eigenvalue weighted by molar-refractivity contribution is -0.116. The summed E-state index contributed by atoms with van der Waals surface area (Å²) in [7, 11) is 0. The first-order valence-electron chi connectivity index (χ1n) is 7.40. The normalized spacial score (nSPS) is 16.0. The lowest BCUT2D eigenvalue weighted by Crippen LogP contribution is -2.38. The van der Waals surface area contributed by atoms with Crippen LogP contribution in [-0.4, -0.2) is 43.7 Å². The highest BCUT2D eigenvalue weighted by molar-refractivity contribution is 5.94. The molecule has 110 valence electrons. The van der Waals surface area contributed by atoms with Crippen molar-refractivity contribution < 1.29 is 9.53 Å². The van der Waals surface area contributed by atoms with Gasteiger partial charge in [0.1, 0.15) is 0 Å². The van der Waals surface area contributed by atoms with E-state index in [0.29, 0.717) is 6.42 Å². The van der Waals surface area contributed by atoms with Crippen molar-refractivity contribution in [3.8, 4) is 0 Å². The van der Waals surface area contributed by atoms with Crippen LogP contribution in [0.25, 0.3) is 10.8 Å². The number of nitrogens with one attached hydrogen (secondary N) is 1. The Morgan fingerprint density at radius 3 is 2.67 bits per heavy atom. The summed E-state index contributed by atoms with van der Waals surface area (Å²) in [6.07, 6.45) is 0.521. The lowest BCUT2D eigenvalue weighted by Gasteiger charge is -2.26. The molecule has 1 fully saturated rings. The van der Waals surface area contributed by atoms with Crippen LogP contribution in [0.5, 0.6) is 0 Å². The van der Waals surface area contributed by atoms with E-state index in [-0.39, 0.29) is 5.91 Å². The van der Waals surface area contributed by atoms with Gasteiger partial charge in [-0.2, -0.15) is 0 Å². The smallest absolute Gasteiger partial charge is 0.225 e. The second-order valence-electron chi connectivity index (χ2n) is 5.31. The predicted molar refractivity (Wildman–Crippen MR) is 84.5 cm³/mol. The van der Waals surface area contributed by atoms with Crippen molar-refractivity contribution in [3.63, 3.8) is 0 Å². The number of morpholine rings is 1. The van der Waals surface area contributed by atoms with Gasteiger partial charge in [-0.3, -0.25) is 9.69 Å². The zero-order valence-electron chi connectivity index (χ0n) is 12.0. The van der Waals surface area contributed by atoms with Gasteiger partial charge in [0.15, 0.2) is 0 Å². The number of hydrogen-bond donors (Lipinski definition) is 1. The molecule has 1 saturated heterocycles. The van der Waals surface area contributed by atoms with Crippen molar-refractivity contribution in [2.24, 2.45) is 0 Å². The fourth-order valence-corrected chi connectivity index (χ4v) is 2.57. The van der Waals surface area contributed by atoms with Crippen molar-refractivity contribution in [1.82, 2.24) is 4.90 Å². The van der Waals surface area contributed by atoms with Crippen LogP contribution in [0.15, 0.2) is 42.5 Å². The maximum Gasteiger partial charge on any atom is 0.225 e. The fourth-order valence-electron chi connectivity index (χ4n) is 2.57. The summed E-state index contributed by atoms with van der Waals surface area (Å²) in [6.45, 7) is 4.17. The van der Waals surface area contributed by atoms with Crippen LogP contribution in [0.1, 0.15) is 6.42 Å². The van der Waals surface area contributed by atoms with Crippen molar-refractivity contribution in [1.29, 1.82) is 0 Å². The highest BCUT2D eigenvalue weighted by Crippen LogP contribution is 2.18. The Bertz CT molecular complexity index is 621. The summed E-state index contributed by atoms with van der Waals surface area (Å²) in [6, 6.07) is 14.2. The molecule has 2 aromatic carbocycles. The summed E-state index contributed by atoms with van der Waals surface area (Å²) in [5.74, 6) is 0.0665. The number of benzene rings is 2. The second-order valence-corrected chi connectivity index (χ2v) is 5.31. The van der Waals surface area contributed by atoms with Crippen LogP contribution in [-0.2, 0) is 9.53 Å². The molecule has 4 nitrogen and oxygen atoms in total. The van der Waals surface area contributed by atoms with Crippen molar-refractivity contribution in [2.75, 3.05) is 38.2 Å².